The van der Waals surface area contributed by atoms with Gasteiger partial charge < -0.3 is 19.9 Å². The van der Waals surface area contributed by atoms with Crippen LogP contribution in [0.1, 0.15) is 32.4 Å². The van der Waals surface area contributed by atoms with Crippen molar-refractivity contribution in [2.24, 2.45) is 0 Å². The van der Waals surface area contributed by atoms with Crippen molar-refractivity contribution in [3.63, 3.8) is 0 Å². The lowest BCUT2D eigenvalue weighted by Crippen LogP contribution is -2.39. The maximum atomic E-state index is 10.3. The van der Waals surface area contributed by atoms with Gasteiger partial charge in [-0.25, -0.2) is 4.98 Å². The molecule has 0 saturated carbocycles. The van der Waals surface area contributed by atoms with E-state index in [1.165, 1.54) is 0 Å². The highest BCUT2D eigenvalue weighted by atomic mass is 32.1. The topological polar surface area (TPSA) is 63.6 Å². The molecule has 0 saturated heterocycles. The van der Waals surface area contributed by atoms with Gasteiger partial charge in [0.15, 0.2) is 11.5 Å². The van der Waals surface area contributed by atoms with E-state index in [1.54, 1.807) is 11.3 Å². The van der Waals surface area contributed by atoms with Gasteiger partial charge in [0.2, 0.25) is 6.79 Å². The molecule has 0 atom stereocenters. The number of aliphatic hydroxyl groups is 1. The minimum atomic E-state index is -0.629. The maximum Gasteiger partial charge on any atom is 0.231 e. The molecule has 23 heavy (non-hydrogen) atoms. The lowest BCUT2D eigenvalue weighted by molar-refractivity contribution is 0.0322. The fourth-order valence-electron chi connectivity index (χ4n) is 2.47. The fraction of sp³-hybridized carbons (Fsp3) is 0.471. The van der Waals surface area contributed by atoms with Crippen LogP contribution in [0.25, 0.3) is 10.6 Å². The van der Waals surface area contributed by atoms with E-state index in [0.717, 1.165) is 40.6 Å². The quantitative estimate of drug-likeness (QED) is 0.814. The van der Waals surface area contributed by atoms with E-state index < -0.39 is 5.60 Å². The molecule has 0 spiro atoms. The highest BCUT2D eigenvalue weighted by molar-refractivity contribution is 7.13. The van der Waals surface area contributed by atoms with Gasteiger partial charge in [-0.3, -0.25) is 0 Å². The SMILES string of the molecule is CCC(O)(CC)CNCc1csc(-c2ccc3c(c2)OCO3)n1. The van der Waals surface area contributed by atoms with Crippen molar-refractivity contribution < 1.29 is 14.6 Å². The summed E-state index contributed by atoms with van der Waals surface area (Å²) < 4.78 is 10.7. The lowest BCUT2D eigenvalue weighted by atomic mass is 9.98. The number of aromatic nitrogens is 1. The third-order valence-corrected chi connectivity index (χ3v) is 5.19. The summed E-state index contributed by atoms with van der Waals surface area (Å²) >= 11 is 1.61. The van der Waals surface area contributed by atoms with Gasteiger partial charge in [-0.2, -0.15) is 0 Å². The minimum Gasteiger partial charge on any atom is -0.454 e. The van der Waals surface area contributed by atoms with E-state index in [4.69, 9.17) is 9.47 Å². The average Bonchev–Trinajstić information content (AvgIpc) is 3.23. The fourth-order valence-corrected chi connectivity index (χ4v) is 3.29. The number of nitrogens with one attached hydrogen (secondary N) is 1. The Kier molecular flexibility index (Phi) is 4.84. The second-order valence-corrected chi connectivity index (χ2v) is 6.61. The minimum absolute atomic E-state index is 0.281. The van der Waals surface area contributed by atoms with Crippen molar-refractivity contribution in [2.45, 2.75) is 38.8 Å². The summed E-state index contributed by atoms with van der Waals surface area (Å²) in [6.07, 6.45) is 1.49. The summed E-state index contributed by atoms with van der Waals surface area (Å²) in [5, 5.41) is 16.6. The number of benzene rings is 1. The molecule has 0 amide bonds. The molecule has 1 aromatic carbocycles. The largest absolute Gasteiger partial charge is 0.454 e. The van der Waals surface area contributed by atoms with Crippen molar-refractivity contribution in [3.8, 4) is 22.1 Å². The first-order valence-electron chi connectivity index (χ1n) is 7.91. The molecule has 0 unspecified atom stereocenters. The molecule has 0 bridgehead atoms. The number of nitrogens with zero attached hydrogens (tertiary/aromatic N) is 1. The van der Waals surface area contributed by atoms with Gasteiger partial charge in [-0.15, -0.1) is 11.3 Å². The summed E-state index contributed by atoms with van der Waals surface area (Å²) in [5.74, 6) is 1.55. The number of fused-ring (bicyclic) bond motifs is 1. The first-order valence-corrected chi connectivity index (χ1v) is 8.79. The van der Waals surface area contributed by atoms with Gasteiger partial charge in [-0.1, -0.05) is 13.8 Å². The van der Waals surface area contributed by atoms with E-state index in [2.05, 4.69) is 10.3 Å². The molecule has 0 radical (unpaired) electrons. The first kappa shape index (κ1) is 16.2. The number of rotatable bonds is 7. The highest BCUT2D eigenvalue weighted by Crippen LogP contribution is 2.36. The lowest BCUT2D eigenvalue weighted by Gasteiger charge is -2.25. The Morgan fingerprint density at radius 1 is 1.26 bits per heavy atom. The van der Waals surface area contributed by atoms with Crippen LogP contribution in [0.5, 0.6) is 11.5 Å². The number of hydrogen-bond donors (Lipinski definition) is 2. The van der Waals surface area contributed by atoms with Crippen LogP contribution in [-0.2, 0) is 6.54 Å². The molecule has 3 rings (SSSR count). The highest BCUT2D eigenvalue weighted by Gasteiger charge is 2.21. The van der Waals surface area contributed by atoms with Gasteiger partial charge in [-0.05, 0) is 31.0 Å². The molecule has 2 heterocycles. The molecule has 1 aliphatic heterocycles. The monoisotopic (exact) mass is 334 g/mol. The molecular formula is C17H22N2O3S. The van der Waals surface area contributed by atoms with Crippen LogP contribution in [0.15, 0.2) is 23.6 Å². The van der Waals surface area contributed by atoms with Gasteiger partial charge in [0, 0.05) is 24.0 Å². The summed E-state index contributed by atoms with van der Waals surface area (Å²) in [5.41, 5.74) is 1.39. The Morgan fingerprint density at radius 2 is 2.04 bits per heavy atom. The summed E-state index contributed by atoms with van der Waals surface area (Å²) in [4.78, 5) is 4.66. The molecule has 6 heteroatoms. The molecular weight excluding hydrogens is 312 g/mol. The van der Waals surface area contributed by atoms with Crippen LogP contribution >= 0.6 is 11.3 Å². The molecule has 1 aliphatic rings. The number of thiazole rings is 1. The second kappa shape index (κ2) is 6.86. The molecule has 2 N–H and O–H groups in total. The Labute approximate surface area is 140 Å². The van der Waals surface area contributed by atoms with Crippen LogP contribution < -0.4 is 14.8 Å². The number of hydrogen-bond acceptors (Lipinski definition) is 6. The van der Waals surface area contributed by atoms with Crippen LogP contribution in [0.2, 0.25) is 0 Å². The average molecular weight is 334 g/mol. The van der Waals surface area contributed by atoms with Gasteiger partial charge in [0.1, 0.15) is 5.01 Å². The smallest absolute Gasteiger partial charge is 0.231 e. The zero-order chi connectivity index (χ0) is 16.3. The summed E-state index contributed by atoms with van der Waals surface area (Å²) in [6.45, 7) is 5.53. The molecule has 124 valence electrons. The predicted octanol–water partition coefficient (Wildman–Crippen LogP) is 3.18. The van der Waals surface area contributed by atoms with Crippen LogP contribution in [0.4, 0.5) is 0 Å². The van der Waals surface area contributed by atoms with Gasteiger partial charge >= 0.3 is 0 Å². The van der Waals surface area contributed by atoms with E-state index in [-0.39, 0.29) is 6.79 Å². The third-order valence-electron chi connectivity index (χ3n) is 4.25. The third kappa shape index (κ3) is 3.65. The molecule has 0 aliphatic carbocycles. The van der Waals surface area contributed by atoms with Crippen LogP contribution in [-0.4, -0.2) is 29.0 Å². The summed E-state index contributed by atoms with van der Waals surface area (Å²) in [6, 6.07) is 5.88. The van der Waals surface area contributed by atoms with Gasteiger partial charge in [0.25, 0.3) is 0 Å². The van der Waals surface area contributed by atoms with E-state index in [0.29, 0.717) is 13.1 Å². The Balaban J connectivity index is 1.62. The van der Waals surface area contributed by atoms with Crippen molar-refractivity contribution in [2.75, 3.05) is 13.3 Å². The van der Waals surface area contributed by atoms with Crippen LogP contribution in [0.3, 0.4) is 0 Å². The normalized spacial score (nSPS) is 13.5. The number of ether oxygens (including phenoxy) is 2. The van der Waals surface area contributed by atoms with E-state index >= 15 is 0 Å². The van der Waals surface area contributed by atoms with Crippen LogP contribution in [0, 0.1) is 0 Å². The maximum absolute atomic E-state index is 10.3. The Bertz CT molecular complexity index is 668. The van der Waals surface area contributed by atoms with Crippen molar-refractivity contribution in [3.05, 3.63) is 29.3 Å². The van der Waals surface area contributed by atoms with Crippen molar-refractivity contribution in [1.29, 1.82) is 0 Å². The molecule has 0 fully saturated rings. The predicted molar refractivity (Wildman–Crippen MR) is 90.9 cm³/mol. The second-order valence-electron chi connectivity index (χ2n) is 5.75. The molecule has 1 aromatic heterocycles. The molecule has 2 aromatic rings. The van der Waals surface area contributed by atoms with Gasteiger partial charge in [0.05, 0.1) is 11.3 Å². The van der Waals surface area contributed by atoms with E-state index in [1.807, 2.05) is 37.4 Å². The Morgan fingerprint density at radius 3 is 2.83 bits per heavy atom. The summed E-state index contributed by atoms with van der Waals surface area (Å²) in [7, 11) is 0. The first-order chi connectivity index (χ1) is 11.1. The standard InChI is InChI=1S/C17H22N2O3S/c1-3-17(20,4-2)10-18-8-13-9-23-16(19-13)12-5-6-14-15(7-12)22-11-21-14/h5-7,9,18,20H,3-4,8,10-11H2,1-2H3. The zero-order valence-electron chi connectivity index (χ0n) is 13.5. The Hall–Kier alpha value is -1.63. The zero-order valence-corrected chi connectivity index (χ0v) is 14.3. The molecule has 5 nitrogen and oxygen atoms in total. The van der Waals surface area contributed by atoms with E-state index in [9.17, 15) is 5.11 Å². The van der Waals surface area contributed by atoms with Crippen molar-refractivity contribution in [1.82, 2.24) is 10.3 Å². The van der Waals surface area contributed by atoms with Crippen molar-refractivity contribution >= 4 is 11.3 Å².